The number of carbonyl (C=O) groups excluding carboxylic acids is 2. The first-order valence-electron chi connectivity index (χ1n) is 8.65. The molecule has 2 amide bonds. The molecule has 0 unspecified atom stereocenters. The summed E-state index contributed by atoms with van der Waals surface area (Å²) < 4.78 is 21.4. The average molecular weight is 386 g/mol. The highest BCUT2D eigenvalue weighted by molar-refractivity contribution is 5.99. The van der Waals surface area contributed by atoms with E-state index in [1.165, 1.54) is 21.3 Å². The molecule has 0 aromatic heterocycles. The lowest BCUT2D eigenvalue weighted by Crippen LogP contribution is -2.34. The van der Waals surface area contributed by atoms with Crippen LogP contribution < -0.4 is 29.6 Å². The quantitative estimate of drug-likeness (QED) is 0.792. The molecule has 28 heavy (non-hydrogen) atoms. The van der Waals surface area contributed by atoms with Crippen molar-refractivity contribution < 1.29 is 28.5 Å². The van der Waals surface area contributed by atoms with Crippen LogP contribution in [0.5, 0.6) is 23.0 Å². The molecular weight excluding hydrogens is 364 g/mol. The standard InChI is InChI=1S/C20H22N2O6/c1-11-20(24)22-14-10-13(5-6-15(14)28-11)21-18(23)9-12-7-16(25-2)19(27-4)17(8-12)26-3/h5-8,10-11H,9H2,1-4H3,(H,21,23)(H,22,24)/t11-/m1/s1. The summed E-state index contributed by atoms with van der Waals surface area (Å²) in [6, 6.07) is 8.54. The summed E-state index contributed by atoms with van der Waals surface area (Å²) in [6.45, 7) is 1.67. The lowest BCUT2D eigenvalue weighted by atomic mass is 10.1. The molecule has 0 saturated carbocycles. The van der Waals surface area contributed by atoms with Gasteiger partial charge in [-0.25, -0.2) is 0 Å². The molecule has 0 saturated heterocycles. The van der Waals surface area contributed by atoms with E-state index in [0.29, 0.717) is 39.9 Å². The van der Waals surface area contributed by atoms with Gasteiger partial charge in [-0.05, 0) is 42.8 Å². The van der Waals surface area contributed by atoms with Crippen molar-refractivity contribution in [2.45, 2.75) is 19.4 Å². The topological polar surface area (TPSA) is 95.1 Å². The van der Waals surface area contributed by atoms with Crippen LogP contribution in [-0.2, 0) is 16.0 Å². The number of carbonyl (C=O) groups is 2. The smallest absolute Gasteiger partial charge is 0.265 e. The molecule has 1 heterocycles. The Labute approximate surface area is 162 Å². The predicted octanol–water partition coefficient (Wildman–Crippen LogP) is 2.61. The van der Waals surface area contributed by atoms with E-state index in [2.05, 4.69) is 10.6 Å². The van der Waals surface area contributed by atoms with E-state index < -0.39 is 6.10 Å². The van der Waals surface area contributed by atoms with E-state index >= 15 is 0 Å². The fraction of sp³-hybridized carbons (Fsp3) is 0.300. The van der Waals surface area contributed by atoms with Gasteiger partial charge in [0.15, 0.2) is 17.6 Å². The Hall–Kier alpha value is -3.42. The van der Waals surface area contributed by atoms with Crippen molar-refractivity contribution in [3.8, 4) is 23.0 Å². The molecule has 0 bridgehead atoms. The van der Waals surface area contributed by atoms with Crippen molar-refractivity contribution in [1.29, 1.82) is 0 Å². The fourth-order valence-corrected chi connectivity index (χ4v) is 2.91. The van der Waals surface area contributed by atoms with Crippen LogP contribution in [0.3, 0.4) is 0 Å². The number of ether oxygens (including phenoxy) is 4. The van der Waals surface area contributed by atoms with Crippen molar-refractivity contribution in [3.05, 3.63) is 35.9 Å². The average Bonchev–Trinajstić information content (AvgIpc) is 2.68. The number of benzene rings is 2. The molecule has 8 heteroatoms. The third-order valence-corrected chi connectivity index (χ3v) is 4.28. The third kappa shape index (κ3) is 3.95. The van der Waals surface area contributed by atoms with Crippen LogP contribution >= 0.6 is 0 Å². The molecule has 1 aliphatic heterocycles. The number of nitrogens with one attached hydrogen (secondary N) is 2. The van der Waals surface area contributed by atoms with Crippen LogP contribution in [0.1, 0.15) is 12.5 Å². The number of anilines is 2. The zero-order valence-electron chi connectivity index (χ0n) is 16.1. The SMILES string of the molecule is COc1cc(CC(=O)Nc2ccc3c(c2)NC(=O)[C@@H](C)O3)cc(OC)c1OC. The van der Waals surface area contributed by atoms with Gasteiger partial charge in [0.25, 0.3) is 5.91 Å². The number of hydrogen-bond donors (Lipinski definition) is 2. The molecule has 2 N–H and O–H groups in total. The monoisotopic (exact) mass is 386 g/mol. The van der Waals surface area contributed by atoms with Crippen molar-refractivity contribution >= 4 is 23.2 Å². The van der Waals surface area contributed by atoms with Gasteiger partial charge in [-0.2, -0.15) is 0 Å². The van der Waals surface area contributed by atoms with E-state index in [9.17, 15) is 9.59 Å². The molecule has 2 aromatic rings. The Kier molecular flexibility index (Phi) is 5.58. The van der Waals surface area contributed by atoms with Gasteiger partial charge in [-0.1, -0.05) is 0 Å². The van der Waals surface area contributed by atoms with Crippen LogP contribution in [0.25, 0.3) is 0 Å². The summed E-state index contributed by atoms with van der Waals surface area (Å²) in [7, 11) is 4.56. The molecule has 3 rings (SSSR count). The Morgan fingerprint density at radius 3 is 2.39 bits per heavy atom. The zero-order valence-corrected chi connectivity index (χ0v) is 16.1. The number of amides is 2. The number of fused-ring (bicyclic) bond motifs is 1. The highest BCUT2D eigenvalue weighted by Gasteiger charge is 2.23. The van der Waals surface area contributed by atoms with Gasteiger partial charge in [0.1, 0.15) is 5.75 Å². The maximum Gasteiger partial charge on any atom is 0.265 e. The van der Waals surface area contributed by atoms with E-state index in [-0.39, 0.29) is 18.2 Å². The summed E-state index contributed by atoms with van der Waals surface area (Å²) >= 11 is 0. The molecule has 8 nitrogen and oxygen atoms in total. The van der Waals surface area contributed by atoms with Gasteiger partial charge in [0, 0.05) is 5.69 Å². The van der Waals surface area contributed by atoms with Crippen molar-refractivity contribution in [3.63, 3.8) is 0 Å². The molecular formula is C20H22N2O6. The van der Waals surface area contributed by atoms with Crippen LogP contribution in [0.2, 0.25) is 0 Å². The summed E-state index contributed by atoms with van der Waals surface area (Å²) in [6.07, 6.45) is -0.443. The molecule has 0 aliphatic carbocycles. The van der Waals surface area contributed by atoms with Crippen LogP contribution in [0.15, 0.2) is 30.3 Å². The first kappa shape index (κ1) is 19.3. The molecule has 0 fully saturated rings. The van der Waals surface area contributed by atoms with Gasteiger partial charge in [-0.15, -0.1) is 0 Å². The minimum absolute atomic E-state index is 0.105. The second kappa shape index (κ2) is 8.08. The van der Waals surface area contributed by atoms with E-state index in [0.717, 1.165) is 0 Å². The van der Waals surface area contributed by atoms with Crippen molar-refractivity contribution in [1.82, 2.24) is 0 Å². The first-order chi connectivity index (χ1) is 13.4. The Bertz CT molecular complexity index is 887. The van der Waals surface area contributed by atoms with Crippen LogP contribution in [-0.4, -0.2) is 39.2 Å². The Morgan fingerprint density at radius 2 is 1.79 bits per heavy atom. The normalized spacial score (nSPS) is 15.0. The van der Waals surface area contributed by atoms with Gasteiger partial charge in [0.2, 0.25) is 11.7 Å². The van der Waals surface area contributed by atoms with Crippen molar-refractivity contribution in [2.24, 2.45) is 0 Å². The van der Waals surface area contributed by atoms with E-state index in [1.807, 2.05) is 0 Å². The fourth-order valence-electron chi connectivity index (χ4n) is 2.91. The zero-order chi connectivity index (χ0) is 20.3. The lowest BCUT2D eigenvalue weighted by molar-refractivity contribution is -0.122. The number of hydrogen-bond acceptors (Lipinski definition) is 6. The number of methoxy groups -OCH3 is 3. The summed E-state index contributed by atoms with van der Waals surface area (Å²) in [5, 5.41) is 5.57. The lowest BCUT2D eigenvalue weighted by Gasteiger charge is -2.23. The minimum atomic E-state index is -0.548. The summed E-state index contributed by atoms with van der Waals surface area (Å²) in [5.41, 5.74) is 1.78. The van der Waals surface area contributed by atoms with Crippen LogP contribution in [0.4, 0.5) is 11.4 Å². The molecule has 148 valence electrons. The largest absolute Gasteiger partial charge is 0.493 e. The van der Waals surface area contributed by atoms with Gasteiger partial charge in [-0.3, -0.25) is 9.59 Å². The molecule has 0 radical (unpaired) electrons. The third-order valence-electron chi connectivity index (χ3n) is 4.28. The van der Waals surface area contributed by atoms with Gasteiger partial charge < -0.3 is 29.6 Å². The second-order valence-electron chi connectivity index (χ2n) is 6.22. The Balaban J connectivity index is 1.74. The second-order valence-corrected chi connectivity index (χ2v) is 6.22. The minimum Gasteiger partial charge on any atom is -0.493 e. The molecule has 1 aliphatic rings. The molecule has 1 atom stereocenters. The first-order valence-corrected chi connectivity index (χ1v) is 8.65. The number of rotatable bonds is 6. The highest BCUT2D eigenvalue weighted by Crippen LogP contribution is 2.38. The van der Waals surface area contributed by atoms with Crippen LogP contribution in [0, 0.1) is 0 Å². The highest BCUT2D eigenvalue weighted by atomic mass is 16.5. The van der Waals surface area contributed by atoms with E-state index in [4.69, 9.17) is 18.9 Å². The maximum atomic E-state index is 12.5. The van der Waals surface area contributed by atoms with E-state index in [1.54, 1.807) is 37.3 Å². The van der Waals surface area contributed by atoms with Gasteiger partial charge >= 0.3 is 0 Å². The van der Waals surface area contributed by atoms with Gasteiger partial charge in [0.05, 0.1) is 33.4 Å². The molecule has 2 aromatic carbocycles. The Morgan fingerprint density at radius 1 is 1.11 bits per heavy atom. The summed E-state index contributed by atoms with van der Waals surface area (Å²) in [4.78, 5) is 24.2. The summed E-state index contributed by atoms with van der Waals surface area (Å²) in [5.74, 6) is 1.53. The maximum absolute atomic E-state index is 12.5. The molecule has 0 spiro atoms. The van der Waals surface area contributed by atoms with Crippen molar-refractivity contribution in [2.75, 3.05) is 32.0 Å². The predicted molar refractivity (Wildman–Crippen MR) is 104 cm³/mol.